The number of esters is 1. The number of sulfonamides is 1. The zero-order valence-electron chi connectivity index (χ0n) is 13.6. The molecule has 0 aliphatic heterocycles. The highest BCUT2D eigenvalue weighted by Gasteiger charge is 2.31. The van der Waals surface area contributed by atoms with E-state index in [9.17, 15) is 26.4 Å². The SMILES string of the molecule is CN(C)S(=O)(=O)c1ccc(COC(=O)c2ccc(OC(F)(F)F)cc2)o1. The molecule has 0 fully saturated rings. The first-order valence-corrected chi connectivity index (χ1v) is 8.47. The van der Waals surface area contributed by atoms with Gasteiger partial charge in [0, 0.05) is 14.1 Å². The first kappa shape index (κ1) is 19.8. The maximum Gasteiger partial charge on any atom is 0.573 e. The molecule has 0 amide bonds. The van der Waals surface area contributed by atoms with Crippen molar-refractivity contribution < 1.29 is 40.3 Å². The lowest BCUT2D eigenvalue weighted by molar-refractivity contribution is -0.274. The number of hydrogen-bond acceptors (Lipinski definition) is 6. The fourth-order valence-electron chi connectivity index (χ4n) is 1.77. The summed E-state index contributed by atoms with van der Waals surface area (Å²) in [6.45, 7) is -0.345. The van der Waals surface area contributed by atoms with E-state index in [1.807, 2.05) is 0 Å². The molecule has 0 spiro atoms. The average Bonchev–Trinajstić information content (AvgIpc) is 3.01. The van der Waals surface area contributed by atoms with E-state index < -0.39 is 28.1 Å². The lowest BCUT2D eigenvalue weighted by Crippen LogP contribution is -2.21. The number of alkyl halides is 3. The Morgan fingerprint density at radius 2 is 1.73 bits per heavy atom. The van der Waals surface area contributed by atoms with Gasteiger partial charge in [-0.05, 0) is 36.4 Å². The second kappa shape index (κ2) is 7.38. The minimum absolute atomic E-state index is 0.00721. The zero-order chi connectivity index (χ0) is 19.5. The minimum atomic E-state index is -4.83. The van der Waals surface area contributed by atoms with Gasteiger partial charge in [0.2, 0.25) is 5.09 Å². The summed E-state index contributed by atoms with van der Waals surface area (Å²) in [6, 6.07) is 6.71. The van der Waals surface area contributed by atoms with Gasteiger partial charge in [-0.25, -0.2) is 17.5 Å². The molecule has 142 valence electrons. The van der Waals surface area contributed by atoms with Crippen LogP contribution in [0, 0.1) is 0 Å². The molecule has 0 saturated heterocycles. The Hall–Kier alpha value is -2.53. The molecular weight excluding hydrogens is 379 g/mol. The summed E-state index contributed by atoms with van der Waals surface area (Å²) in [7, 11) is -1.07. The molecule has 26 heavy (non-hydrogen) atoms. The van der Waals surface area contributed by atoms with Gasteiger partial charge in [-0.2, -0.15) is 0 Å². The highest BCUT2D eigenvalue weighted by molar-refractivity contribution is 7.88. The van der Waals surface area contributed by atoms with E-state index in [1.165, 1.54) is 26.2 Å². The fourth-order valence-corrected chi connectivity index (χ4v) is 2.58. The van der Waals surface area contributed by atoms with E-state index in [0.29, 0.717) is 0 Å². The van der Waals surface area contributed by atoms with Crippen LogP contribution in [0.25, 0.3) is 0 Å². The summed E-state index contributed by atoms with van der Waals surface area (Å²) in [5, 5.41) is -0.304. The van der Waals surface area contributed by atoms with Crippen LogP contribution < -0.4 is 4.74 Å². The van der Waals surface area contributed by atoms with Crippen LogP contribution in [0.2, 0.25) is 0 Å². The number of carbonyl (C=O) groups excluding carboxylic acids is 1. The Bertz CT molecular complexity index is 872. The maximum atomic E-state index is 12.1. The van der Waals surface area contributed by atoms with Gasteiger partial charge in [0.25, 0.3) is 10.0 Å². The number of furan rings is 1. The Morgan fingerprint density at radius 3 is 2.27 bits per heavy atom. The molecule has 0 N–H and O–H groups in total. The molecule has 1 aromatic heterocycles. The van der Waals surface area contributed by atoms with Crippen LogP contribution in [0.1, 0.15) is 16.1 Å². The van der Waals surface area contributed by atoms with Crippen LogP contribution in [-0.4, -0.2) is 39.2 Å². The van der Waals surface area contributed by atoms with Crippen LogP contribution in [0.4, 0.5) is 13.2 Å². The molecule has 2 aromatic rings. The van der Waals surface area contributed by atoms with Crippen molar-refractivity contribution in [3.8, 4) is 5.75 Å². The van der Waals surface area contributed by atoms with Crippen LogP contribution >= 0.6 is 0 Å². The van der Waals surface area contributed by atoms with Gasteiger partial charge in [0.1, 0.15) is 18.1 Å². The van der Waals surface area contributed by atoms with Gasteiger partial charge in [0.15, 0.2) is 0 Å². The minimum Gasteiger partial charge on any atom is -0.454 e. The quantitative estimate of drug-likeness (QED) is 0.702. The second-order valence-electron chi connectivity index (χ2n) is 5.16. The summed E-state index contributed by atoms with van der Waals surface area (Å²) < 4.78 is 74.7. The number of rotatable bonds is 6. The van der Waals surface area contributed by atoms with Gasteiger partial charge in [0.05, 0.1) is 5.56 Å². The molecule has 0 saturated carbocycles. The van der Waals surface area contributed by atoms with Crippen molar-refractivity contribution in [1.82, 2.24) is 4.31 Å². The van der Waals surface area contributed by atoms with E-state index in [2.05, 4.69) is 4.74 Å². The molecule has 0 unspecified atom stereocenters. The summed E-state index contributed by atoms with van der Waals surface area (Å²) >= 11 is 0. The Balaban J connectivity index is 1.98. The standard InChI is InChI=1S/C15H14F3NO6S/c1-19(2)26(21,22)13-8-7-12(24-13)9-23-14(20)10-3-5-11(6-4-10)25-15(16,17)18/h3-8H,9H2,1-2H3. The predicted octanol–water partition coefficient (Wildman–Crippen LogP) is 2.79. The highest BCUT2D eigenvalue weighted by Crippen LogP contribution is 2.23. The van der Waals surface area contributed by atoms with Crippen molar-refractivity contribution in [2.75, 3.05) is 14.1 Å². The largest absolute Gasteiger partial charge is 0.573 e. The lowest BCUT2D eigenvalue weighted by Gasteiger charge is -2.09. The predicted molar refractivity (Wildman–Crippen MR) is 81.8 cm³/mol. The van der Waals surface area contributed by atoms with Crippen molar-refractivity contribution in [3.05, 3.63) is 47.7 Å². The number of benzene rings is 1. The van der Waals surface area contributed by atoms with Crippen molar-refractivity contribution in [2.45, 2.75) is 18.1 Å². The molecule has 11 heteroatoms. The molecule has 7 nitrogen and oxygen atoms in total. The average molecular weight is 393 g/mol. The number of nitrogens with zero attached hydrogens (tertiary/aromatic N) is 1. The topological polar surface area (TPSA) is 86.0 Å². The maximum absolute atomic E-state index is 12.1. The van der Waals surface area contributed by atoms with E-state index in [-0.39, 0.29) is 23.0 Å². The molecule has 1 aromatic carbocycles. The van der Waals surface area contributed by atoms with Crippen LogP contribution in [0.15, 0.2) is 45.9 Å². The van der Waals surface area contributed by atoms with E-state index in [0.717, 1.165) is 28.6 Å². The second-order valence-corrected chi connectivity index (χ2v) is 7.24. The van der Waals surface area contributed by atoms with Gasteiger partial charge in [-0.15, -0.1) is 13.2 Å². The molecule has 1 heterocycles. The summed E-state index contributed by atoms with van der Waals surface area (Å²) in [5.74, 6) is -1.20. The van der Waals surface area contributed by atoms with Crippen molar-refractivity contribution in [2.24, 2.45) is 0 Å². The van der Waals surface area contributed by atoms with Gasteiger partial charge >= 0.3 is 12.3 Å². The van der Waals surface area contributed by atoms with E-state index in [1.54, 1.807) is 0 Å². The summed E-state index contributed by atoms with van der Waals surface area (Å²) in [5.41, 5.74) is -0.00721. The van der Waals surface area contributed by atoms with E-state index in [4.69, 9.17) is 9.15 Å². The summed E-state index contributed by atoms with van der Waals surface area (Å²) in [4.78, 5) is 11.9. The number of ether oxygens (including phenoxy) is 2. The Labute approximate surface area is 147 Å². The molecule has 0 bridgehead atoms. The molecular formula is C15H14F3NO6S. The fraction of sp³-hybridized carbons (Fsp3) is 0.267. The smallest absolute Gasteiger partial charge is 0.454 e. The number of halogens is 3. The normalized spacial score (nSPS) is 12.2. The molecule has 0 aliphatic carbocycles. The number of hydrogen-bond donors (Lipinski definition) is 0. The molecule has 2 rings (SSSR count). The summed E-state index contributed by atoms with van der Waals surface area (Å²) in [6.07, 6.45) is -4.83. The van der Waals surface area contributed by atoms with Gasteiger partial charge < -0.3 is 13.9 Å². The Morgan fingerprint density at radius 1 is 1.12 bits per heavy atom. The first-order valence-electron chi connectivity index (χ1n) is 7.03. The van der Waals surface area contributed by atoms with Crippen LogP contribution in [0.3, 0.4) is 0 Å². The first-order chi connectivity index (χ1) is 12.0. The third kappa shape index (κ3) is 4.99. The van der Waals surface area contributed by atoms with Gasteiger partial charge in [-0.1, -0.05) is 0 Å². The van der Waals surface area contributed by atoms with Gasteiger partial charge in [-0.3, -0.25) is 0 Å². The molecule has 0 aliphatic rings. The monoisotopic (exact) mass is 393 g/mol. The highest BCUT2D eigenvalue weighted by atomic mass is 32.2. The van der Waals surface area contributed by atoms with Crippen molar-refractivity contribution in [1.29, 1.82) is 0 Å². The third-order valence-corrected chi connectivity index (χ3v) is 4.73. The lowest BCUT2D eigenvalue weighted by atomic mass is 10.2. The zero-order valence-corrected chi connectivity index (χ0v) is 14.4. The Kier molecular flexibility index (Phi) is 5.62. The molecule has 0 atom stereocenters. The van der Waals surface area contributed by atoms with E-state index >= 15 is 0 Å². The van der Waals surface area contributed by atoms with Crippen molar-refractivity contribution >= 4 is 16.0 Å². The number of carbonyl (C=O) groups is 1. The van der Waals surface area contributed by atoms with Crippen LogP contribution in [0.5, 0.6) is 5.75 Å². The third-order valence-electron chi connectivity index (χ3n) is 3.04. The van der Waals surface area contributed by atoms with Crippen LogP contribution in [-0.2, 0) is 21.4 Å². The molecule has 0 radical (unpaired) electrons. The van der Waals surface area contributed by atoms with Crippen molar-refractivity contribution in [3.63, 3.8) is 0 Å².